The zero-order chi connectivity index (χ0) is 11.0. The molecule has 2 rings (SSSR count). The Bertz CT molecular complexity index is 418. The van der Waals surface area contributed by atoms with Gasteiger partial charge in [-0.05, 0) is 24.3 Å². The number of imide groups is 1. The predicted octanol–water partition coefficient (Wildman–Crippen LogP) is 2.32. The van der Waals surface area contributed by atoms with E-state index in [1.165, 1.54) is 0 Å². The van der Waals surface area contributed by atoms with Crippen LogP contribution in [0.25, 0.3) is 0 Å². The van der Waals surface area contributed by atoms with Gasteiger partial charge in [0.2, 0.25) is 5.91 Å². The molecule has 1 fully saturated rings. The van der Waals surface area contributed by atoms with Gasteiger partial charge in [-0.2, -0.15) is 0 Å². The minimum absolute atomic E-state index is 0.0798. The lowest BCUT2D eigenvalue weighted by atomic mass is 10.3. The summed E-state index contributed by atoms with van der Waals surface area (Å²) in [6, 6.07) is 6.96. The van der Waals surface area contributed by atoms with Gasteiger partial charge in [0.15, 0.2) is 0 Å². The van der Waals surface area contributed by atoms with Crippen LogP contribution in [-0.4, -0.2) is 17.2 Å². The van der Waals surface area contributed by atoms with Crippen molar-refractivity contribution in [2.24, 2.45) is 0 Å². The number of hydrogen-bond acceptors (Lipinski definition) is 2. The summed E-state index contributed by atoms with van der Waals surface area (Å²) < 4.78 is 0.896. The van der Waals surface area contributed by atoms with Crippen LogP contribution >= 0.6 is 27.5 Å². The van der Waals surface area contributed by atoms with Crippen molar-refractivity contribution >= 4 is 45.0 Å². The highest BCUT2D eigenvalue weighted by Crippen LogP contribution is 2.26. The molecule has 1 aromatic rings. The Labute approximate surface area is 100 Å². The van der Waals surface area contributed by atoms with Gasteiger partial charge in [0.05, 0.1) is 12.1 Å². The molecule has 0 N–H and O–H groups in total. The zero-order valence-corrected chi connectivity index (χ0v) is 9.96. The Hall–Kier alpha value is -0.870. The molecule has 1 aliphatic rings. The molecule has 1 aromatic carbocycles. The van der Waals surface area contributed by atoms with Gasteiger partial charge in [-0.25, -0.2) is 4.90 Å². The van der Waals surface area contributed by atoms with E-state index in [1.807, 2.05) is 0 Å². The van der Waals surface area contributed by atoms with Crippen LogP contribution in [0.4, 0.5) is 5.69 Å². The summed E-state index contributed by atoms with van der Waals surface area (Å²) in [5, 5.41) is -0.721. The Balaban J connectivity index is 2.35. The van der Waals surface area contributed by atoms with Crippen molar-refractivity contribution < 1.29 is 9.59 Å². The molecule has 15 heavy (non-hydrogen) atoms. The number of rotatable bonds is 1. The van der Waals surface area contributed by atoms with Crippen molar-refractivity contribution in [3.05, 3.63) is 28.7 Å². The molecule has 2 amide bonds. The third-order valence-electron chi connectivity index (χ3n) is 2.18. The molecule has 0 bridgehead atoms. The predicted molar refractivity (Wildman–Crippen MR) is 60.9 cm³/mol. The molecule has 1 atom stereocenters. The van der Waals surface area contributed by atoms with Crippen molar-refractivity contribution in [2.75, 3.05) is 4.90 Å². The minimum Gasteiger partial charge on any atom is -0.274 e. The van der Waals surface area contributed by atoms with E-state index in [-0.39, 0.29) is 18.2 Å². The monoisotopic (exact) mass is 287 g/mol. The van der Waals surface area contributed by atoms with Crippen molar-refractivity contribution in [2.45, 2.75) is 11.8 Å². The average molecular weight is 289 g/mol. The number of benzene rings is 1. The lowest BCUT2D eigenvalue weighted by molar-refractivity contribution is -0.121. The molecule has 5 heteroatoms. The molecule has 3 nitrogen and oxygen atoms in total. The van der Waals surface area contributed by atoms with Crippen LogP contribution in [0.3, 0.4) is 0 Å². The summed E-state index contributed by atoms with van der Waals surface area (Å²) >= 11 is 8.99. The maximum absolute atomic E-state index is 11.6. The number of halogens is 2. The van der Waals surface area contributed by atoms with Crippen LogP contribution in [0.5, 0.6) is 0 Å². The summed E-state index contributed by atoms with van der Waals surface area (Å²) in [6.07, 6.45) is 0.0798. The SMILES string of the molecule is O=C1C[C@@H](Cl)C(=O)N1c1ccc(Br)cc1. The highest BCUT2D eigenvalue weighted by molar-refractivity contribution is 9.10. The van der Waals surface area contributed by atoms with Gasteiger partial charge in [-0.3, -0.25) is 9.59 Å². The lowest BCUT2D eigenvalue weighted by Crippen LogP contribution is -2.30. The van der Waals surface area contributed by atoms with Gasteiger partial charge < -0.3 is 0 Å². The molecular formula is C10H7BrClNO2. The summed E-state index contributed by atoms with van der Waals surface area (Å²) in [5.41, 5.74) is 0.566. The molecule has 0 radical (unpaired) electrons. The summed E-state index contributed by atoms with van der Waals surface area (Å²) in [4.78, 5) is 24.2. The first-order valence-electron chi connectivity index (χ1n) is 4.36. The van der Waals surface area contributed by atoms with E-state index in [9.17, 15) is 9.59 Å². The number of carbonyl (C=O) groups excluding carboxylic acids is 2. The van der Waals surface area contributed by atoms with Gasteiger partial charge in [0, 0.05) is 4.47 Å². The Morgan fingerprint density at radius 1 is 1.27 bits per heavy atom. The normalized spacial score (nSPS) is 21.2. The van der Waals surface area contributed by atoms with E-state index in [0.717, 1.165) is 9.37 Å². The van der Waals surface area contributed by atoms with Crippen LogP contribution in [0.2, 0.25) is 0 Å². The standard InChI is InChI=1S/C10H7BrClNO2/c11-6-1-3-7(4-2-6)13-9(14)5-8(12)10(13)15/h1-4,8H,5H2/t8-/m1/s1. The molecule has 0 unspecified atom stereocenters. The third kappa shape index (κ3) is 1.92. The van der Waals surface area contributed by atoms with E-state index in [1.54, 1.807) is 24.3 Å². The largest absolute Gasteiger partial charge is 0.274 e. The highest BCUT2D eigenvalue weighted by Gasteiger charge is 2.38. The van der Waals surface area contributed by atoms with Crippen molar-refractivity contribution in [3.63, 3.8) is 0 Å². The van der Waals surface area contributed by atoms with Gasteiger partial charge >= 0.3 is 0 Å². The van der Waals surface area contributed by atoms with Gasteiger partial charge in [0.25, 0.3) is 5.91 Å². The molecule has 0 aliphatic carbocycles. The minimum atomic E-state index is -0.721. The Morgan fingerprint density at radius 2 is 1.87 bits per heavy atom. The molecule has 1 heterocycles. The molecule has 0 aromatic heterocycles. The summed E-state index contributed by atoms with van der Waals surface area (Å²) in [6.45, 7) is 0. The second-order valence-corrected chi connectivity index (χ2v) is 4.66. The summed E-state index contributed by atoms with van der Waals surface area (Å²) in [5.74, 6) is -0.591. The Morgan fingerprint density at radius 3 is 2.33 bits per heavy atom. The van der Waals surface area contributed by atoms with E-state index >= 15 is 0 Å². The first-order chi connectivity index (χ1) is 7.09. The van der Waals surface area contributed by atoms with E-state index in [2.05, 4.69) is 15.9 Å². The number of carbonyl (C=O) groups is 2. The molecule has 0 spiro atoms. The van der Waals surface area contributed by atoms with Gasteiger partial charge in [-0.15, -0.1) is 11.6 Å². The second-order valence-electron chi connectivity index (χ2n) is 3.22. The maximum Gasteiger partial charge on any atom is 0.252 e. The van der Waals surface area contributed by atoms with Crippen LogP contribution in [0.1, 0.15) is 6.42 Å². The average Bonchev–Trinajstić information content (AvgIpc) is 2.44. The van der Waals surface area contributed by atoms with Crippen molar-refractivity contribution in [1.82, 2.24) is 0 Å². The fourth-order valence-corrected chi connectivity index (χ4v) is 1.95. The number of nitrogens with zero attached hydrogens (tertiary/aromatic N) is 1. The lowest BCUT2D eigenvalue weighted by Gasteiger charge is -2.13. The van der Waals surface area contributed by atoms with E-state index in [4.69, 9.17) is 11.6 Å². The number of alkyl halides is 1. The fourth-order valence-electron chi connectivity index (χ4n) is 1.46. The zero-order valence-electron chi connectivity index (χ0n) is 7.61. The quantitative estimate of drug-likeness (QED) is 0.587. The van der Waals surface area contributed by atoms with Gasteiger partial charge in [-0.1, -0.05) is 15.9 Å². The molecular weight excluding hydrogens is 281 g/mol. The smallest absolute Gasteiger partial charge is 0.252 e. The van der Waals surface area contributed by atoms with Crippen LogP contribution < -0.4 is 4.90 Å². The highest BCUT2D eigenvalue weighted by atomic mass is 79.9. The number of amides is 2. The topological polar surface area (TPSA) is 37.4 Å². The van der Waals surface area contributed by atoms with Crippen LogP contribution in [-0.2, 0) is 9.59 Å². The third-order valence-corrected chi connectivity index (χ3v) is 3.05. The van der Waals surface area contributed by atoms with Crippen LogP contribution in [0, 0.1) is 0 Å². The molecule has 1 saturated heterocycles. The number of hydrogen-bond donors (Lipinski definition) is 0. The van der Waals surface area contributed by atoms with Crippen LogP contribution in [0.15, 0.2) is 28.7 Å². The van der Waals surface area contributed by atoms with E-state index < -0.39 is 5.38 Å². The van der Waals surface area contributed by atoms with Gasteiger partial charge in [0.1, 0.15) is 5.38 Å². The second kappa shape index (κ2) is 3.94. The summed E-state index contributed by atoms with van der Waals surface area (Å²) in [7, 11) is 0. The van der Waals surface area contributed by atoms with Crippen molar-refractivity contribution in [3.8, 4) is 0 Å². The molecule has 1 aliphatic heterocycles. The fraction of sp³-hybridized carbons (Fsp3) is 0.200. The molecule has 78 valence electrons. The Kier molecular flexibility index (Phi) is 2.80. The number of anilines is 1. The first-order valence-corrected chi connectivity index (χ1v) is 5.59. The first kappa shape index (κ1) is 10.6. The maximum atomic E-state index is 11.6. The van der Waals surface area contributed by atoms with E-state index in [0.29, 0.717) is 5.69 Å². The van der Waals surface area contributed by atoms with Crippen molar-refractivity contribution in [1.29, 1.82) is 0 Å². The molecule has 0 saturated carbocycles.